The Morgan fingerprint density at radius 1 is 1.13 bits per heavy atom. The maximum absolute atomic E-state index is 13.1. The highest BCUT2D eigenvalue weighted by atomic mass is 16.5. The molecular weight excluding hydrogens is 378 g/mol. The highest BCUT2D eigenvalue weighted by molar-refractivity contribution is 5.95. The van der Waals surface area contributed by atoms with Gasteiger partial charge in [0.15, 0.2) is 0 Å². The normalized spacial score (nSPS) is 15.8. The van der Waals surface area contributed by atoms with Crippen LogP contribution >= 0.6 is 0 Å². The van der Waals surface area contributed by atoms with Crippen molar-refractivity contribution in [1.82, 2.24) is 9.96 Å². The summed E-state index contributed by atoms with van der Waals surface area (Å²) in [5, 5.41) is 14.1. The number of benzene rings is 2. The van der Waals surface area contributed by atoms with Gasteiger partial charge in [0, 0.05) is 39.2 Å². The van der Waals surface area contributed by atoms with Crippen LogP contribution in [0.25, 0.3) is 0 Å². The van der Waals surface area contributed by atoms with Crippen LogP contribution < -0.4 is 5.32 Å². The molecule has 0 radical (unpaired) electrons. The largest absolute Gasteiger partial charge is 0.337 e. The second kappa shape index (κ2) is 12.1. The first-order valence-corrected chi connectivity index (χ1v) is 10.7. The molecule has 6 nitrogen and oxygen atoms in total. The standard InChI is InChI=1S/C22H27N3O3.C2H6.H2/c1-17(26)23-20-11-9-19(10-12-20)22(27)24(16-21-8-5-14-25(21)28)15-13-18-6-3-2-4-7-18;1-2;/h2-4,6-7,9-12,21,28H,5,8,13-16H2,1H3,(H,23,26);1-2H3;1H/t21-;;/m0../s1. The minimum atomic E-state index is -0.146. The smallest absolute Gasteiger partial charge is 0.253 e. The van der Waals surface area contributed by atoms with Crippen molar-refractivity contribution in [1.29, 1.82) is 0 Å². The average Bonchev–Trinajstić information content (AvgIpc) is 3.17. The third kappa shape index (κ3) is 6.97. The van der Waals surface area contributed by atoms with Gasteiger partial charge in [0.25, 0.3) is 5.91 Å². The number of amides is 2. The van der Waals surface area contributed by atoms with Gasteiger partial charge in [-0.25, -0.2) is 0 Å². The molecule has 1 heterocycles. The van der Waals surface area contributed by atoms with Crippen LogP contribution in [0.3, 0.4) is 0 Å². The maximum atomic E-state index is 13.1. The summed E-state index contributed by atoms with van der Waals surface area (Å²) in [5.41, 5.74) is 2.41. The van der Waals surface area contributed by atoms with Crippen LogP contribution in [-0.4, -0.2) is 52.7 Å². The maximum Gasteiger partial charge on any atom is 0.253 e. The van der Waals surface area contributed by atoms with Crippen LogP contribution in [0, 0.1) is 0 Å². The molecule has 1 aliphatic heterocycles. The number of carbonyl (C=O) groups is 2. The van der Waals surface area contributed by atoms with E-state index in [1.807, 2.05) is 36.9 Å². The summed E-state index contributed by atoms with van der Waals surface area (Å²) in [7, 11) is 0. The molecule has 1 saturated heterocycles. The summed E-state index contributed by atoms with van der Waals surface area (Å²) in [5.74, 6) is -0.210. The summed E-state index contributed by atoms with van der Waals surface area (Å²) in [6.45, 7) is 7.18. The molecule has 0 bridgehead atoms. The number of nitrogens with one attached hydrogen (secondary N) is 1. The van der Waals surface area contributed by atoms with Crippen molar-refractivity contribution in [3.8, 4) is 0 Å². The second-order valence-corrected chi connectivity index (χ2v) is 7.20. The van der Waals surface area contributed by atoms with Crippen molar-refractivity contribution in [2.75, 3.05) is 25.0 Å². The van der Waals surface area contributed by atoms with Gasteiger partial charge < -0.3 is 15.4 Å². The Hall–Kier alpha value is -2.70. The van der Waals surface area contributed by atoms with Crippen LogP contribution in [0.5, 0.6) is 0 Å². The molecule has 1 aliphatic rings. The van der Waals surface area contributed by atoms with Gasteiger partial charge in [-0.15, -0.1) is 0 Å². The summed E-state index contributed by atoms with van der Waals surface area (Å²) in [6, 6.07) is 17.0. The number of nitrogens with zero attached hydrogens (tertiary/aromatic N) is 2. The van der Waals surface area contributed by atoms with E-state index >= 15 is 0 Å². The SMILES string of the molecule is CC.CC(=O)Nc1ccc(C(=O)N(CCc2ccccc2)C[C@@H]2CCCN2O)cc1.[HH]. The predicted molar refractivity (Wildman–Crippen MR) is 122 cm³/mol. The molecule has 2 N–H and O–H groups in total. The number of hydrogen-bond acceptors (Lipinski definition) is 4. The lowest BCUT2D eigenvalue weighted by atomic mass is 10.1. The fraction of sp³-hybridized carbons (Fsp3) is 0.417. The van der Waals surface area contributed by atoms with Crippen molar-refractivity contribution in [3.63, 3.8) is 0 Å². The Kier molecular flexibility index (Phi) is 9.51. The zero-order valence-corrected chi connectivity index (χ0v) is 18.2. The first-order chi connectivity index (χ1) is 14.5. The molecule has 6 heteroatoms. The minimum absolute atomic E-state index is 0. The van der Waals surface area contributed by atoms with E-state index in [0.29, 0.717) is 30.9 Å². The Morgan fingerprint density at radius 2 is 1.80 bits per heavy atom. The van der Waals surface area contributed by atoms with Gasteiger partial charge >= 0.3 is 0 Å². The molecule has 2 aromatic rings. The third-order valence-electron chi connectivity index (χ3n) is 5.03. The lowest BCUT2D eigenvalue weighted by Crippen LogP contribution is -2.43. The van der Waals surface area contributed by atoms with Gasteiger partial charge in [0.05, 0.1) is 6.04 Å². The van der Waals surface area contributed by atoms with Crippen LogP contribution in [0.4, 0.5) is 5.69 Å². The summed E-state index contributed by atoms with van der Waals surface area (Å²) in [6.07, 6.45) is 2.58. The van der Waals surface area contributed by atoms with Crippen LogP contribution in [0.15, 0.2) is 54.6 Å². The molecule has 2 amide bonds. The highest BCUT2D eigenvalue weighted by Crippen LogP contribution is 2.18. The second-order valence-electron chi connectivity index (χ2n) is 7.20. The number of hydrogen-bond donors (Lipinski definition) is 2. The summed E-state index contributed by atoms with van der Waals surface area (Å²) >= 11 is 0. The van der Waals surface area contributed by atoms with Crippen LogP contribution in [0.2, 0.25) is 0 Å². The fourth-order valence-corrected chi connectivity index (χ4v) is 3.53. The molecule has 0 saturated carbocycles. The van der Waals surface area contributed by atoms with Gasteiger partial charge in [-0.2, -0.15) is 5.06 Å². The van der Waals surface area contributed by atoms with Crippen molar-refractivity contribution in [3.05, 3.63) is 65.7 Å². The summed E-state index contributed by atoms with van der Waals surface area (Å²) in [4.78, 5) is 26.1. The molecule has 0 unspecified atom stereocenters. The summed E-state index contributed by atoms with van der Waals surface area (Å²) < 4.78 is 0. The third-order valence-corrected chi connectivity index (χ3v) is 5.03. The molecule has 0 aliphatic carbocycles. The van der Waals surface area contributed by atoms with Crippen LogP contribution in [0.1, 0.15) is 51.0 Å². The fourth-order valence-electron chi connectivity index (χ4n) is 3.53. The van der Waals surface area contributed by atoms with Crippen LogP contribution in [-0.2, 0) is 11.2 Å². The Morgan fingerprint density at radius 3 is 2.37 bits per heavy atom. The number of rotatable bonds is 7. The molecule has 1 atom stereocenters. The van der Waals surface area contributed by atoms with Gasteiger partial charge in [0.2, 0.25) is 5.91 Å². The molecule has 3 rings (SSSR count). The molecule has 0 aromatic heterocycles. The zero-order valence-electron chi connectivity index (χ0n) is 18.2. The molecule has 30 heavy (non-hydrogen) atoms. The number of carbonyl (C=O) groups excluding carboxylic acids is 2. The number of hydroxylamine groups is 2. The quantitative estimate of drug-likeness (QED) is 0.703. The van der Waals surface area contributed by atoms with Gasteiger partial charge in [-0.1, -0.05) is 44.2 Å². The van der Waals surface area contributed by atoms with Crippen molar-refractivity contribution in [2.24, 2.45) is 0 Å². The van der Waals surface area contributed by atoms with Crippen molar-refractivity contribution < 1.29 is 16.2 Å². The van der Waals surface area contributed by atoms with E-state index in [0.717, 1.165) is 19.3 Å². The Labute approximate surface area is 180 Å². The average molecular weight is 414 g/mol. The Bertz CT molecular complexity index is 799. The highest BCUT2D eigenvalue weighted by Gasteiger charge is 2.27. The molecule has 164 valence electrons. The van der Waals surface area contributed by atoms with Gasteiger partial charge in [-0.3, -0.25) is 9.59 Å². The number of anilines is 1. The van der Waals surface area contributed by atoms with Gasteiger partial charge in [0.1, 0.15) is 0 Å². The molecule has 0 spiro atoms. The first kappa shape index (κ1) is 23.6. The lowest BCUT2D eigenvalue weighted by molar-refractivity contribution is -0.114. The molecule has 1 fully saturated rings. The zero-order chi connectivity index (χ0) is 21.9. The first-order valence-electron chi connectivity index (χ1n) is 10.7. The van der Waals surface area contributed by atoms with E-state index in [1.165, 1.54) is 17.6 Å². The minimum Gasteiger partial charge on any atom is -0.337 e. The lowest BCUT2D eigenvalue weighted by Gasteiger charge is -2.28. The van der Waals surface area contributed by atoms with E-state index < -0.39 is 0 Å². The van der Waals surface area contributed by atoms with Crippen molar-refractivity contribution in [2.45, 2.75) is 46.1 Å². The topological polar surface area (TPSA) is 72.9 Å². The van der Waals surface area contributed by atoms with E-state index in [9.17, 15) is 14.8 Å². The molecular formula is C24H35N3O3. The molecule has 2 aromatic carbocycles. The predicted octanol–water partition coefficient (Wildman–Crippen LogP) is 4.46. The Balaban J connectivity index is 0.00000156. The van der Waals surface area contributed by atoms with E-state index in [1.54, 1.807) is 24.3 Å². The van der Waals surface area contributed by atoms with E-state index in [2.05, 4.69) is 17.4 Å². The van der Waals surface area contributed by atoms with Gasteiger partial charge in [-0.05, 0) is 49.1 Å². The van der Waals surface area contributed by atoms with E-state index in [4.69, 9.17) is 0 Å². The van der Waals surface area contributed by atoms with E-state index in [-0.39, 0.29) is 19.3 Å². The van der Waals surface area contributed by atoms with Crippen molar-refractivity contribution >= 4 is 17.5 Å². The monoisotopic (exact) mass is 413 g/mol.